The van der Waals surface area contributed by atoms with E-state index >= 15 is 0 Å². The summed E-state index contributed by atoms with van der Waals surface area (Å²) in [6.45, 7) is 0.879. The van der Waals surface area contributed by atoms with Crippen LogP contribution in [0.2, 0.25) is 0 Å². The van der Waals surface area contributed by atoms with Crippen molar-refractivity contribution in [2.45, 2.75) is 63.9 Å². The smallest absolute Gasteiger partial charge is 0.136 e. The third kappa shape index (κ3) is 2.04. The molecule has 3 unspecified atom stereocenters. The fourth-order valence-corrected chi connectivity index (χ4v) is 6.91. The zero-order valence-corrected chi connectivity index (χ0v) is 13.0. The molecule has 0 spiro atoms. The van der Waals surface area contributed by atoms with Gasteiger partial charge in [-0.15, -0.1) is 0 Å². The molecule has 5 aliphatic carbocycles. The summed E-state index contributed by atoms with van der Waals surface area (Å²) in [4.78, 5) is 11.7. The molecule has 5 saturated carbocycles. The molecule has 6 rings (SSSR count). The molecule has 0 aromatic heterocycles. The predicted molar refractivity (Wildman–Crippen MR) is 80.7 cm³/mol. The van der Waals surface area contributed by atoms with E-state index in [4.69, 9.17) is 4.74 Å². The highest BCUT2D eigenvalue weighted by molar-refractivity contribution is 5.86. The number of ether oxygens (including phenoxy) is 1. The van der Waals surface area contributed by atoms with E-state index in [0.29, 0.717) is 23.7 Å². The summed E-state index contributed by atoms with van der Waals surface area (Å²) in [5.41, 5.74) is 0. The third-order valence-corrected chi connectivity index (χ3v) is 7.76. The molecule has 4 bridgehead atoms. The standard InChI is InChI=1S/C19H28O2/c20-17-3-2-16(17)13-1-4-18(21-10-13)19-14-6-11-5-12(8-14)9-15(19)7-11/h11-16,18-19H,1-10H2. The molecule has 0 radical (unpaired) electrons. The maximum Gasteiger partial charge on any atom is 0.136 e. The fraction of sp³-hybridized carbons (Fsp3) is 0.947. The van der Waals surface area contributed by atoms with Crippen LogP contribution in [0.3, 0.4) is 0 Å². The van der Waals surface area contributed by atoms with Crippen LogP contribution >= 0.6 is 0 Å². The lowest BCUT2D eigenvalue weighted by molar-refractivity contribution is -0.150. The normalized spacial score (nSPS) is 55.5. The number of carbonyl (C=O) groups excluding carboxylic acids is 1. The van der Waals surface area contributed by atoms with E-state index in [1.54, 1.807) is 0 Å². The second-order valence-corrected chi connectivity index (χ2v) is 8.83. The molecule has 6 fully saturated rings. The summed E-state index contributed by atoms with van der Waals surface area (Å²) in [6, 6.07) is 0. The van der Waals surface area contributed by atoms with Crippen molar-refractivity contribution in [3.05, 3.63) is 0 Å². The highest BCUT2D eigenvalue weighted by atomic mass is 16.5. The molecule has 2 heteroatoms. The van der Waals surface area contributed by atoms with E-state index in [2.05, 4.69) is 0 Å². The fourth-order valence-electron chi connectivity index (χ4n) is 6.91. The maximum atomic E-state index is 11.7. The zero-order chi connectivity index (χ0) is 14.0. The van der Waals surface area contributed by atoms with Gasteiger partial charge in [0.05, 0.1) is 12.7 Å². The first-order valence-electron chi connectivity index (χ1n) is 9.42. The van der Waals surface area contributed by atoms with Gasteiger partial charge in [0, 0.05) is 12.3 Å². The minimum atomic E-state index is 0.365. The molecule has 1 aliphatic heterocycles. The Morgan fingerprint density at radius 1 is 0.810 bits per heavy atom. The van der Waals surface area contributed by atoms with Crippen molar-refractivity contribution in [1.82, 2.24) is 0 Å². The lowest BCUT2D eigenvalue weighted by atomic mass is 9.50. The van der Waals surface area contributed by atoms with Gasteiger partial charge in [-0.3, -0.25) is 4.79 Å². The Bertz CT molecular complexity index is 407. The van der Waals surface area contributed by atoms with Crippen LogP contribution in [0.15, 0.2) is 0 Å². The largest absolute Gasteiger partial charge is 0.378 e. The molecular formula is C19H28O2. The molecule has 2 nitrogen and oxygen atoms in total. The Morgan fingerprint density at radius 3 is 2.00 bits per heavy atom. The molecule has 21 heavy (non-hydrogen) atoms. The van der Waals surface area contributed by atoms with Crippen molar-refractivity contribution < 1.29 is 9.53 Å². The molecule has 0 aromatic rings. The maximum absolute atomic E-state index is 11.7. The van der Waals surface area contributed by atoms with Gasteiger partial charge in [0.1, 0.15) is 5.78 Å². The average molecular weight is 288 g/mol. The van der Waals surface area contributed by atoms with E-state index in [1.165, 1.54) is 44.9 Å². The van der Waals surface area contributed by atoms with Crippen molar-refractivity contribution >= 4 is 5.78 Å². The van der Waals surface area contributed by atoms with Crippen LogP contribution in [0.4, 0.5) is 0 Å². The van der Waals surface area contributed by atoms with Gasteiger partial charge in [0.15, 0.2) is 0 Å². The predicted octanol–water partition coefficient (Wildman–Crippen LogP) is 3.83. The number of hydrogen-bond donors (Lipinski definition) is 0. The van der Waals surface area contributed by atoms with E-state index in [-0.39, 0.29) is 0 Å². The van der Waals surface area contributed by atoms with Crippen LogP contribution < -0.4 is 0 Å². The minimum absolute atomic E-state index is 0.365. The highest BCUT2D eigenvalue weighted by Crippen LogP contribution is 2.58. The summed E-state index contributed by atoms with van der Waals surface area (Å²) >= 11 is 0. The molecule has 1 heterocycles. The topological polar surface area (TPSA) is 26.3 Å². The van der Waals surface area contributed by atoms with Gasteiger partial charge < -0.3 is 4.74 Å². The number of hydrogen-bond acceptors (Lipinski definition) is 2. The SMILES string of the molecule is O=C1CCC1C1CCC(C2C3CC4CC(C3)CC2C4)OC1. The van der Waals surface area contributed by atoms with Crippen molar-refractivity contribution in [3.63, 3.8) is 0 Å². The molecule has 0 N–H and O–H groups in total. The minimum Gasteiger partial charge on any atom is -0.378 e. The van der Waals surface area contributed by atoms with Crippen molar-refractivity contribution in [2.24, 2.45) is 41.4 Å². The molecular weight excluding hydrogens is 260 g/mol. The van der Waals surface area contributed by atoms with Crippen LogP contribution in [-0.2, 0) is 9.53 Å². The third-order valence-electron chi connectivity index (χ3n) is 7.76. The summed E-state index contributed by atoms with van der Waals surface area (Å²) in [5.74, 6) is 6.39. The van der Waals surface area contributed by atoms with Gasteiger partial charge >= 0.3 is 0 Å². The second kappa shape index (κ2) is 4.81. The summed E-state index contributed by atoms with van der Waals surface area (Å²) in [7, 11) is 0. The Balaban J connectivity index is 1.25. The molecule has 0 aromatic carbocycles. The van der Waals surface area contributed by atoms with Crippen molar-refractivity contribution in [1.29, 1.82) is 0 Å². The van der Waals surface area contributed by atoms with Gasteiger partial charge in [0.25, 0.3) is 0 Å². The van der Waals surface area contributed by atoms with Gasteiger partial charge in [-0.1, -0.05) is 0 Å². The molecule has 116 valence electrons. The zero-order valence-electron chi connectivity index (χ0n) is 13.0. The monoisotopic (exact) mass is 288 g/mol. The summed E-state index contributed by atoms with van der Waals surface area (Å²) in [6.07, 6.45) is 12.5. The van der Waals surface area contributed by atoms with Gasteiger partial charge in [0.2, 0.25) is 0 Å². The van der Waals surface area contributed by atoms with Crippen molar-refractivity contribution in [3.8, 4) is 0 Å². The number of rotatable bonds is 2. The number of Topliss-reactive ketones (excluding diaryl/α,β-unsaturated/α-hetero) is 1. The van der Waals surface area contributed by atoms with Crippen LogP contribution in [0, 0.1) is 41.4 Å². The van der Waals surface area contributed by atoms with Gasteiger partial charge in [-0.25, -0.2) is 0 Å². The van der Waals surface area contributed by atoms with Crippen molar-refractivity contribution in [2.75, 3.05) is 6.61 Å². The average Bonchev–Trinajstić information content (AvgIpc) is 2.46. The lowest BCUT2D eigenvalue weighted by Crippen LogP contribution is -2.51. The first-order valence-corrected chi connectivity index (χ1v) is 9.42. The molecule has 0 amide bonds. The van der Waals surface area contributed by atoms with E-state index < -0.39 is 0 Å². The van der Waals surface area contributed by atoms with Crippen LogP contribution in [-0.4, -0.2) is 18.5 Å². The molecule has 6 aliphatic rings. The lowest BCUT2D eigenvalue weighted by Gasteiger charge is -2.57. The first kappa shape index (κ1) is 13.1. The van der Waals surface area contributed by atoms with E-state index in [9.17, 15) is 4.79 Å². The van der Waals surface area contributed by atoms with Crippen LogP contribution in [0.1, 0.15) is 57.8 Å². The number of carbonyl (C=O) groups is 1. The van der Waals surface area contributed by atoms with Gasteiger partial charge in [-0.2, -0.15) is 0 Å². The van der Waals surface area contributed by atoms with Crippen LogP contribution in [0.5, 0.6) is 0 Å². The van der Waals surface area contributed by atoms with Gasteiger partial charge in [-0.05, 0) is 86.9 Å². The Kier molecular flexibility index (Phi) is 3.00. The second-order valence-electron chi connectivity index (χ2n) is 8.83. The number of ketones is 1. The molecule has 1 saturated heterocycles. The summed E-state index contributed by atoms with van der Waals surface area (Å²) in [5, 5.41) is 0. The summed E-state index contributed by atoms with van der Waals surface area (Å²) < 4.78 is 6.37. The van der Waals surface area contributed by atoms with E-state index in [0.717, 1.165) is 49.0 Å². The Labute approximate surface area is 128 Å². The molecule has 3 atom stereocenters. The quantitative estimate of drug-likeness (QED) is 0.772. The van der Waals surface area contributed by atoms with E-state index in [1.807, 2.05) is 0 Å². The Hall–Kier alpha value is -0.370. The highest BCUT2D eigenvalue weighted by Gasteiger charge is 2.51. The van der Waals surface area contributed by atoms with Crippen LogP contribution in [0.25, 0.3) is 0 Å². The first-order chi connectivity index (χ1) is 10.3. The Morgan fingerprint density at radius 2 is 1.52 bits per heavy atom.